The Morgan fingerprint density at radius 2 is 2.08 bits per heavy atom. The summed E-state index contributed by atoms with van der Waals surface area (Å²) in [7, 11) is 0. The van der Waals surface area contributed by atoms with Crippen molar-refractivity contribution in [3.8, 4) is 0 Å². The minimum absolute atomic E-state index is 0.432. The number of allylic oxidation sites excluding steroid dienone is 1. The van der Waals surface area contributed by atoms with Gasteiger partial charge < -0.3 is 5.73 Å². The lowest BCUT2D eigenvalue weighted by Crippen LogP contribution is -2.31. The van der Waals surface area contributed by atoms with Gasteiger partial charge in [0.1, 0.15) is 5.82 Å². The van der Waals surface area contributed by atoms with Crippen LogP contribution in [-0.2, 0) is 0 Å². The number of aryl methyl sites for hydroxylation is 1. The monoisotopic (exact) mass is 161 g/mol. The molecule has 0 aliphatic carbocycles. The molecule has 0 amide bonds. The van der Waals surface area contributed by atoms with Crippen LogP contribution >= 0.6 is 0 Å². The van der Waals surface area contributed by atoms with Crippen molar-refractivity contribution in [1.82, 2.24) is 9.97 Å². The first-order valence-corrected chi connectivity index (χ1v) is 3.57. The van der Waals surface area contributed by atoms with E-state index in [2.05, 4.69) is 23.1 Å². The van der Waals surface area contributed by atoms with Gasteiger partial charge in [-0.15, -0.1) is 0 Å². The molecule has 3 nitrogen and oxygen atoms in total. The van der Waals surface area contributed by atoms with Crippen molar-refractivity contribution < 1.29 is 0 Å². The molecule has 0 aromatic carbocycles. The number of nitrogen functional groups attached to an aromatic ring is 1. The SMILES string of the molecule is C=CC=c1nc(C)c(N)nc1=C. The van der Waals surface area contributed by atoms with Crippen LogP contribution in [0.25, 0.3) is 12.7 Å². The van der Waals surface area contributed by atoms with E-state index in [1.54, 1.807) is 12.2 Å². The van der Waals surface area contributed by atoms with Crippen LogP contribution in [0.2, 0.25) is 0 Å². The molecular formula is C9H11N3. The van der Waals surface area contributed by atoms with Crippen LogP contribution in [0.5, 0.6) is 0 Å². The summed E-state index contributed by atoms with van der Waals surface area (Å²) in [5, 5.41) is 1.30. The summed E-state index contributed by atoms with van der Waals surface area (Å²) >= 11 is 0. The van der Waals surface area contributed by atoms with Gasteiger partial charge in [-0.1, -0.05) is 19.2 Å². The summed E-state index contributed by atoms with van der Waals surface area (Å²) in [5.41, 5.74) is 6.25. The minimum atomic E-state index is 0.432. The zero-order chi connectivity index (χ0) is 9.14. The first-order chi connectivity index (χ1) is 5.65. The highest BCUT2D eigenvalue weighted by Crippen LogP contribution is 1.93. The first-order valence-electron chi connectivity index (χ1n) is 3.57. The summed E-state index contributed by atoms with van der Waals surface area (Å²) in [5.74, 6) is 0.432. The third-order valence-electron chi connectivity index (χ3n) is 1.49. The minimum Gasteiger partial charge on any atom is -0.382 e. The van der Waals surface area contributed by atoms with Crippen molar-refractivity contribution >= 4 is 18.5 Å². The van der Waals surface area contributed by atoms with Crippen molar-refractivity contribution in [2.24, 2.45) is 0 Å². The number of rotatable bonds is 1. The highest BCUT2D eigenvalue weighted by atomic mass is 14.9. The third kappa shape index (κ3) is 1.50. The Balaban J connectivity index is 3.54. The van der Waals surface area contributed by atoms with Crippen molar-refractivity contribution in [2.45, 2.75) is 6.92 Å². The Bertz CT molecular complexity index is 407. The predicted molar refractivity (Wildman–Crippen MR) is 50.6 cm³/mol. The topological polar surface area (TPSA) is 51.8 Å². The van der Waals surface area contributed by atoms with Gasteiger partial charge >= 0.3 is 0 Å². The molecule has 0 unspecified atom stereocenters. The van der Waals surface area contributed by atoms with Gasteiger partial charge in [-0.2, -0.15) is 0 Å². The molecular weight excluding hydrogens is 150 g/mol. The Hall–Kier alpha value is -1.64. The molecule has 62 valence electrons. The van der Waals surface area contributed by atoms with Gasteiger partial charge in [0.2, 0.25) is 0 Å². The maximum atomic E-state index is 5.53. The average Bonchev–Trinajstić information content (AvgIpc) is 2.01. The molecule has 1 aromatic rings. The van der Waals surface area contributed by atoms with Crippen LogP contribution in [0.15, 0.2) is 12.7 Å². The number of nitrogens with zero attached hydrogens (tertiary/aromatic N) is 2. The van der Waals surface area contributed by atoms with Crippen LogP contribution in [0.1, 0.15) is 5.69 Å². The lowest BCUT2D eigenvalue weighted by Gasteiger charge is -1.96. The van der Waals surface area contributed by atoms with E-state index in [9.17, 15) is 0 Å². The fourth-order valence-electron chi connectivity index (χ4n) is 0.831. The van der Waals surface area contributed by atoms with Crippen LogP contribution < -0.4 is 16.4 Å². The molecule has 2 N–H and O–H groups in total. The number of nitrogens with two attached hydrogens (primary N) is 1. The van der Waals surface area contributed by atoms with E-state index in [0.717, 1.165) is 11.0 Å². The predicted octanol–water partition coefficient (Wildman–Crippen LogP) is -0.256. The second-order valence-electron chi connectivity index (χ2n) is 2.43. The van der Waals surface area contributed by atoms with Gasteiger partial charge in [-0.3, -0.25) is 0 Å². The second kappa shape index (κ2) is 3.17. The van der Waals surface area contributed by atoms with Gasteiger partial charge in [-0.25, -0.2) is 9.97 Å². The molecule has 1 aromatic heterocycles. The highest BCUT2D eigenvalue weighted by Gasteiger charge is 1.94. The molecule has 0 saturated carbocycles. The maximum Gasteiger partial charge on any atom is 0.145 e. The zero-order valence-corrected chi connectivity index (χ0v) is 7.04. The van der Waals surface area contributed by atoms with Gasteiger partial charge in [0, 0.05) is 0 Å². The largest absolute Gasteiger partial charge is 0.382 e. The zero-order valence-electron chi connectivity index (χ0n) is 7.04. The second-order valence-corrected chi connectivity index (χ2v) is 2.43. The molecule has 12 heavy (non-hydrogen) atoms. The standard InChI is InChI=1S/C9H11N3/c1-4-5-8-6(2)12-9(10)7(3)11-8/h4-5H,1-2H2,3H3,(H2,10,12). The lowest BCUT2D eigenvalue weighted by atomic mass is 10.4. The van der Waals surface area contributed by atoms with Crippen molar-refractivity contribution in [2.75, 3.05) is 5.73 Å². The van der Waals surface area contributed by atoms with Gasteiger partial charge in [0.15, 0.2) is 0 Å². The summed E-state index contributed by atoms with van der Waals surface area (Å²) in [6.07, 6.45) is 3.40. The van der Waals surface area contributed by atoms with Crippen LogP contribution in [-0.4, -0.2) is 9.97 Å². The molecule has 1 rings (SSSR count). The van der Waals surface area contributed by atoms with E-state index < -0.39 is 0 Å². The molecule has 0 radical (unpaired) electrons. The Kier molecular flexibility index (Phi) is 2.24. The van der Waals surface area contributed by atoms with Gasteiger partial charge in [-0.05, 0) is 13.0 Å². The Morgan fingerprint density at radius 1 is 1.42 bits per heavy atom. The van der Waals surface area contributed by atoms with E-state index >= 15 is 0 Å². The van der Waals surface area contributed by atoms with Crippen molar-refractivity contribution in [1.29, 1.82) is 0 Å². The third-order valence-corrected chi connectivity index (χ3v) is 1.49. The van der Waals surface area contributed by atoms with E-state index in [0.29, 0.717) is 11.2 Å². The van der Waals surface area contributed by atoms with Crippen LogP contribution in [0.3, 0.4) is 0 Å². The number of hydrogen-bond acceptors (Lipinski definition) is 3. The molecule has 0 bridgehead atoms. The molecule has 3 heteroatoms. The van der Waals surface area contributed by atoms with Gasteiger partial charge in [0.05, 0.1) is 16.4 Å². The molecule has 0 saturated heterocycles. The number of hydrogen-bond donors (Lipinski definition) is 1. The molecule has 1 heterocycles. The normalized spacial score (nSPS) is 11.6. The summed E-state index contributed by atoms with van der Waals surface area (Å²) in [6.45, 7) is 9.08. The molecule has 0 spiro atoms. The fraction of sp³-hybridized carbons (Fsp3) is 0.111. The molecule has 0 aliphatic heterocycles. The summed E-state index contributed by atoms with van der Waals surface area (Å²) in [6, 6.07) is 0. The van der Waals surface area contributed by atoms with Crippen LogP contribution in [0, 0.1) is 6.92 Å². The molecule has 0 atom stereocenters. The number of anilines is 1. The number of aromatic nitrogens is 2. The highest BCUT2D eigenvalue weighted by molar-refractivity contribution is 5.37. The van der Waals surface area contributed by atoms with Crippen LogP contribution in [0.4, 0.5) is 5.82 Å². The fourth-order valence-corrected chi connectivity index (χ4v) is 0.831. The summed E-state index contributed by atoms with van der Waals surface area (Å²) < 4.78 is 0. The van der Waals surface area contributed by atoms with E-state index in [1.807, 2.05) is 6.92 Å². The maximum absolute atomic E-state index is 5.53. The Morgan fingerprint density at radius 3 is 2.67 bits per heavy atom. The van der Waals surface area contributed by atoms with E-state index in [1.165, 1.54) is 0 Å². The quantitative estimate of drug-likeness (QED) is 0.617. The molecule has 0 aliphatic rings. The van der Waals surface area contributed by atoms with E-state index in [-0.39, 0.29) is 0 Å². The molecule has 0 fully saturated rings. The van der Waals surface area contributed by atoms with E-state index in [4.69, 9.17) is 5.73 Å². The van der Waals surface area contributed by atoms with Crippen molar-refractivity contribution in [3.63, 3.8) is 0 Å². The Labute approximate surface area is 71.0 Å². The average molecular weight is 161 g/mol. The smallest absolute Gasteiger partial charge is 0.145 e. The summed E-state index contributed by atoms with van der Waals surface area (Å²) in [4.78, 5) is 8.20. The van der Waals surface area contributed by atoms with Crippen molar-refractivity contribution in [3.05, 3.63) is 29.0 Å². The van der Waals surface area contributed by atoms with Gasteiger partial charge in [0.25, 0.3) is 0 Å². The lowest BCUT2D eigenvalue weighted by molar-refractivity contribution is 1.05. The first kappa shape index (κ1) is 8.46.